The van der Waals surface area contributed by atoms with E-state index in [1.807, 2.05) is 71.0 Å². The van der Waals surface area contributed by atoms with Crippen molar-refractivity contribution >= 4 is 16.6 Å². The topological polar surface area (TPSA) is 73.1 Å². The first-order valence-electron chi connectivity index (χ1n) is 18.2. The summed E-state index contributed by atoms with van der Waals surface area (Å²) in [5, 5.41) is 4.53. The number of benzene rings is 2. The molecule has 0 bridgehead atoms. The highest BCUT2D eigenvalue weighted by molar-refractivity contribution is 5.86. The van der Waals surface area contributed by atoms with Crippen LogP contribution in [-0.2, 0) is 6.42 Å². The van der Waals surface area contributed by atoms with Crippen LogP contribution >= 0.6 is 0 Å². The fraction of sp³-hybridized carbons (Fsp3) is 0.409. The second-order valence-corrected chi connectivity index (χ2v) is 12.4. The minimum atomic E-state index is -1.28. The van der Waals surface area contributed by atoms with E-state index in [2.05, 4.69) is 69.0 Å². The molecule has 2 aromatic heterocycles. The smallest absolute Gasteiger partial charge is 0.242 e. The van der Waals surface area contributed by atoms with Gasteiger partial charge < -0.3 is 15.8 Å². The molecule has 2 aromatic carbocycles. The van der Waals surface area contributed by atoms with Crippen molar-refractivity contribution in [1.82, 2.24) is 15.3 Å². The molecule has 1 saturated carbocycles. The quantitative estimate of drug-likeness (QED) is 0.0789. The molecule has 0 saturated heterocycles. The van der Waals surface area contributed by atoms with Crippen molar-refractivity contribution < 1.29 is 13.5 Å². The lowest BCUT2D eigenvalue weighted by molar-refractivity contribution is 0.0911. The van der Waals surface area contributed by atoms with Gasteiger partial charge in [0.05, 0.1) is 11.2 Å². The Hall–Kier alpha value is -4.70. The Balaban J connectivity index is 0.000000923. The maximum atomic E-state index is 14.1. The van der Waals surface area contributed by atoms with Crippen LogP contribution in [0.15, 0.2) is 62.2 Å². The molecule has 4 aromatic rings. The van der Waals surface area contributed by atoms with Crippen LogP contribution in [0, 0.1) is 45.1 Å². The maximum Gasteiger partial charge on any atom is 0.242 e. The molecule has 1 aliphatic carbocycles. The number of pyridine rings is 2. The van der Waals surface area contributed by atoms with Gasteiger partial charge in [0.2, 0.25) is 12.3 Å². The first-order valence-corrected chi connectivity index (χ1v) is 18.2. The van der Waals surface area contributed by atoms with Gasteiger partial charge in [-0.3, -0.25) is 4.98 Å². The summed E-state index contributed by atoms with van der Waals surface area (Å²) in [6.07, 6.45) is 6.77. The Morgan fingerprint density at radius 2 is 1.69 bits per heavy atom. The predicted molar refractivity (Wildman–Crippen MR) is 213 cm³/mol. The van der Waals surface area contributed by atoms with Crippen LogP contribution in [-0.4, -0.2) is 22.9 Å². The van der Waals surface area contributed by atoms with Crippen LogP contribution in [0.5, 0.6) is 5.75 Å². The number of halogens is 2. The van der Waals surface area contributed by atoms with Crippen LogP contribution in [0.1, 0.15) is 112 Å². The number of alkyl halides is 1. The number of nitrogens with zero attached hydrogens (tertiary/aromatic N) is 2. The van der Waals surface area contributed by atoms with E-state index in [4.69, 9.17) is 9.72 Å². The van der Waals surface area contributed by atoms with Crippen molar-refractivity contribution in [3.63, 3.8) is 0 Å². The van der Waals surface area contributed by atoms with Crippen LogP contribution in [0.3, 0.4) is 0 Å². The number of hydrogen-bond acceptors (Lipinski definition) is 5. The molecule has 0 radical (unpaired) electrons. The lowest BCUT2D eigenvalue weighted by atomic mass is 9.88. The van der Waals surface area contributed by atoms with Gasteiger partial charge in [-0.05, 0) is 123 Å². The number of nitrogens with one attached hydrogen (secondary N) is 1. The summed E-state index contributed by atoms with van der Waals surface area (Å²) in [6, 6.07) is 15.9. The molecule has 3 heterocycles. The summed E-state index contributed by atoms with van der Waals surface area (Å²) in [5.74, 6) is 1.39. The van der Waals surface area contributed by atoms with Crippen molar-refractivity contribution in [1.29, 1.82) is 0 Å². The van der Waals surface area contributed by atoms with Gasteiger partial charge >= 0.3 is 0 Å². The van der Waals surface area contributed by atoms with Gasteiger partial charge in [-0.2, -0.15) is 4.39 Å². The number of hydrogen-bond donors (Lipinski definition) is 2. The number of aryl methyl sites for hydroxylation is 2. The van der Waals surface area contributed by atoms with Gasteiger partial charge in [-0.15, -0.1) is 13.2 Å². The first kappa shape index (κ1) is 42.5. The van der Waals surface area contributed by atoms with Crippen LogP contribution in [0.25, 0.3) is 27.9 Å². The van der Waals surface area contributed by atoms with Gasteiger partial charge in [0, 0.05) is 52.4 Å². The van der Waals surface area contributed by atoms with Gasteiger partial charge in [-0.1, -0.05) is 54.5 Å². The van der Waals surface area contributed by atoms with Crippen LogP contribution in [0.2, 0.25) is 0 Å². The molecule has 1 fully saturated rings. The molecule has 7 heteroatoms. The predicted octanol–water partition coefficient (Wildman–Crippen LogP) is 11.2. The number of terminal acetylenes is 1. The number of aromatic nitrogens is 2. The van der Waals surface area contributed by atoms with Gasteiger partial charge in [0.1, 0.15) is 5.75 Å². The Bertz CT molecular complexity index is 1810. The minimum absolute atomic E-state index is 0.233. The molecule has 3 atom stereocenters. The highest BCUT2D eigenvalue weighted by Crippen LogP contribution is 2.44. The summed E-state index contributed by atoms with van der Waals surface area (Å²) in [5.41, 5.74) is 14.8. The molecule has 3 unspecified atom stereocenters. The molecule has 1 aliphatic heterocycles. The monoisotopic (exact) mass is 696 g/mol. The summed E-state index contributed by atoms with van der Waals surface area (Å²) in [6.45, 7) is 29.4. The van der Waals surface area contributed by atoms with Crippen LogP contribution < -0.4 is 15.8 Å². The van der Waals surface area contributed by atoms with Gasteiger partial charge in [-0.25, -0.2) is 9.37 Å². The molecule has 274 valence electrons. The Labute approximate surface area is 305 Å². The van der Waals surface area contributed by atoms with E-state index < -0.39 is 12.3 Å². The molecular weight excluding hydrogens is 639 g/mol. The van der Waals surface area contributed by atoms with Gasteiger partial charge in [0.15, 0.2) is 0 Å². The highest BCUT2D eigenvalue weighted by Gasteiger charge is 2.34. The fourth-order valence-corrected chi connectivity index (χ4v) is 6.28. The third-order valence-electron chi connectivity index (χ3n) is 9.14. The fourth-order valence-electron chi connectivity index (χ4n) is 6.28. The van der Waals surface area contributed by atoms with Crippen molar-refractivity contribution in [2.45, 2.75) is 106 Å². The lowest BCUT2D eigenvalue weighted by Gasteiger charge is -2.24. The molecule has 5 nitrogen and oxygen atoms in total. The van der Waals surface area contributed by atoms with Crippen molar-refractivity contribution in [2.75, 3.05) is 6.54 Å². The number of rotatable bonds is 9. The summed E-state index contributed by atoms with van der Waals surface area (Å²) >= 11 is 0. The first-order chi connectivity index (χ1) is 24.5. The standard InChI is InChI=1S/C36H39F2N3O.C2H3N.2C2H6.C2H4/c1-7-19(2)29-17-31(40-35(22(29)5)25-10-11-32-27(14-25)16-33(37)42-32)30(24-8-9-24)18-39-23(6)26-12-20(3)34-28(15-26)13-21(4)36(38)41-34;1-2-3;3*1-2/h10-15,17,19,24,30,33,39H,6-9,16,18H2,1-5H3;1H,3H2;2*1-2H3;1-2H2. The average Bonchev–Trinajstić information content (AvgIpc) is 3.91. The number of ether oxygens (including phenoxy) is 1. The zero-order chi connectivity index (χ0) is 38.4. The van der Waals surface area contributed by atoms with E-state index in [-0.39, 0.29) is 12.3 Å². The molecule has 3 N–H and O–H groups in total. The number of nitrogens with two attached hydrogens (primary N) is 1. The summed E-state index contributed by atoms with van der Waals surface area (Å²) < 4.78 is 33.4. The minimum Gasteiger partial charge on any atom is -0.460 e. The second-order valence-electron chi connectivity index (χ2n) is 12.4. The molecular formula is C44H58F2N4O. The lowest BCUT2D eigenvalue weighted by Crippen LogP contribution is -2.23. The van der Waals surface area contributed by atoms with E-state index in [9.17, 15) is 8.78 Å². The second kappa shape index (κ2) is 20.2. The zero-order valence-corrected chi connectivity index (χ0v) is 32.2. The largest absolute Gasteiger partial charge is 0.460 e. The number of fused-ring (bicyclic) bond motifs is 2. The summed E-state index contributed by atoms with van der Waals surface area (Å²) in [7, 11) is 0. The van der Waals surface area contributed by atoms with Crippen molar-refractivity contribution in [2.24, 2.45) is 11.7 Å². The van der Waals surface area contributed by atoms with E-state index in [1.54, 1.807) is 13.0 Å². The van der Waals surface area contributed by atoms with E-state index in [0.29, 0.717) is 28.7 Å². The van der Waals surface area contributed by atoms with Crippen LogP contribution in [0.4, 0.5) is 8.78 Å². The zero-order valence-electron chi connectivity index (χ0n) is 32.2. The maximum absolute atomic E-state index is 14.1. The molecule has 0 spiro atoms. The Kier molecular flexibility index (Phi) is 16.8. The average molecular weight is 697 g/mol. The van der Waals surface area contributed by atoms with E-state index >= 15 is 0 Å². The molecule has 6 rings (SSSR count). The third-order valence-corrected chi connectivity index (χ3v) is 9.14. The highest BCUT2D eigenvalue weighted by atomic mass is 19.1. The van der Waals surface area contributed by atoms with Gasteiger partial charge in [0.25, 0.3) is 0 Å². The van der Waals surface area contributed by atoms with Crippen molar-refractivity contribution in [3.8, 4) is 29.5 Å². The SMILES string of the molecule is C#CN.C=C.C=C(NCC(c1cc(C(C)CC)c(C)c(-c2ccc3c(c2)CC(F)O3)n1)C1CC1)c1cc(C)c2nc(F)c(C)cc2c1.CC.CC. The molecule has 0 amide bonds. The Morgan fingerprint density at radius 1 is 1.04 bits per heavy atom. The summed E-state index contributed by atoms with van der Waals surface area (Å²) in [4.78, 5) is 9.46. The van der Waals surface area contributed by atoms with E-state index in [1.165, 1.54) is 24.0 Å². The normalized spacial score (nSPS) is 14.9. The molecule has 2 aliphatic rings. The third kappa shape index (κ3) is 10.4. The van der Waals surface area contributed by atoms with Crippen molar-refractivity contribution in [3.05, 3.63) is 107 Å². The Morgan fingerprint density at radius 3 is 2.29 bits per heavy atom. The molecule has 51 heavy (non-hydrogen) atoms. The van der Waals surface area contributed by atoms with E-state index in [0.717, 1.165) is 57.7 Å².